The van der Waals surface area contributed by atoms with Crippen molar-refractivity contribution < 1.29 is 24.3 Å². The predicted molar refractivity (Wildman–Crippen MR) is 67.5 cm³/mol. The van der Waals surface area contributed by atoms with Crippen molar-refractivity contribution in [3.05, 3.63) is 34.9 Å². The Morgan fingerprint density at radius 3 is 2.19 bits per heavy atom. The number of carbonyl (C=O) groups excluding carboxylic acids is 3. The van der Waals surface area contributed by atoms with Crippen LogP contribution < -0.4 is 0 Å². The van der Waals surface area contributed by atoms with E-state index >= 15 is 0 Å². The number of carbonyl (C=O) groups is 4. The Morgan fingerprint density at radius 2 is 1.71 bits per heavy atom. The molecule has 0 radical (unpaired) electrons. The fourth-order valence-electron chi connectivity index (χ4n) is 1.59. The molecule has 9 heteroatoms. The first-order valence-electron chi connectivity index (χ1n) is 5.76. The second-order valence-corrected chi connectivity index (χ2v) is 4.22. The Morgan fingerprint density at radius 1 is 1.10 bits per heavy atom. The molecule has 0 aromatic carbocycles. The summed E-state index contributed by atoms with van der Waals surface area (Å²) < 4.78 is 0.580. The topological polar surface area (TPSA) is 135 Å². The van der Waals surface area contributed by atoms with Crippen LogP contribution in [0.3, 0.4) is 0 Å². The van der Waals surface area contributed by atoms with E-state index in [4.69, 9.17) is 5.11 Å². The standard InChI is InChI=1S/C12H10N4O5/c1-5(17)7-3-9(14-13-7)11(19)16-10(12(20)21)4-8(15-16)6(2)18/h3-4H,1-2H3,(H,13,14)(H,20,21). The molecular formula is C12H10N4O5. The number of hydrogen-bond donors (Lipinski definition) is 2. The number of nitrogens with zero attached hydrogens (tertiary/aromatic N) is 3. The molecule has 0 unspecified atom stereocenters. The molecule has 0 fully saturated rings. The van der Waals surface area contributed by atoms with Crippen molar-refractivity contribution in [1.82, 2.24) is 20.0 Å². The van der Waals surface area contributed by atoms with E-state index in [1.54, 1.807) is 0 Å². The van der Waals surface area contributed by atoms with Gasteiger partial charge in [0.1, 0.15) is 17.1 Å². The molecule has 0 spiro atoms. The number of carboxylic acid groups (broad SMARTS) is 1. The lowest BCUT2D eigenvalue weighted by atomic mass is 10.2. The van der Waals surface area contributed by atoms with Gasteiger partial charge in [0.15, 0.2) is 17.3 Å². The van der Waals surface area contributed by atoms with Crippen molar-refractivity contribution in [2.24, 2.45) is 0 Å². The molecule has 21 heavy (non-hydrogen) atoms. The quantitative estimate of drug-likeness (QED) is 0.778. The van der Waals surface area contributed by atoms with Gasteiger partial charge in [-0.1, -0.05) is 0 Å². The Balaban J connectivity index is 2.48. The van der Waals surface area contributed by atoms with Crippen LogP contribution in [0.25, 0.3) is 0 Å². The van der Waals surface area contributed by atoms with Gasteiger partial charge in [0.2, 0.25) is 0 Å². The van der Waals surface area contributed by atoms with Gasteiger partial charge in [-0.2, -0.15) is 14.9 Å². The van der Waals surface area contributed by atoms with Crippen LogP contribution in [0.4, 0.5) is 0 Å². The highest BCUT2D eigenvalue weighted by Crippen LogP contribution is 2.10. The molecule has 0 bridgehead atoms. The molecule has 0 saturated heterocycles. The number of Topliss-reactive ketones (excluding diaryl/α,β-unsaturated/α-hetero) is 2. The van der Waals surface area contributed by atoms with E-state index in [9.17, 15) is 19.2 Å². The molecule has 2 aromatic heterocycles. The Hall–Kier alpha value is -3.10. The molecule has 2 rings (SSSR count). The number of rotatable bonds is 4. The lowest BCUT2D eigenvalue weighted by molar-refractivity contribution is 0.0672. The smallest absolute Gasteiger partial charge is 0.354 e. The zero-order valence-corrected chi connectivity index (χ0v) is 11.1. The molecule has 0 aliphatic rings. The van der Waals surface area contributed by atoms with Crippen LogP contribution in [0.2, 0.25) is 0 Å². The number of aromatic nitrogens is 4. The molecule has 0 saturated carbocycles. The Bertz CT molecular complexity index is 770. The minimum atomic E-state index is -1.41. The summed E-state index contributed by atoms with van der Waals surface area (Å²) in [5.74, 6) is -3.07. The van der Waals surface area contributed by atoms with Gasteiger partial charge in [-0.3, -0.25) is 19.5 Å². The van der Waals surface area contributed by atoms with Crippen LogP contribution in [0.15, 0.2) is 12.1 Å². The summed E-state index contributed by atoms with van der Waals surface area (Å²) in [5.41, 5.74) is -0.675. The van der Waals surface area contributed by atoms with Gasteiger partial charge in [0.05, 0.1) is 0 Å². The third kappa shape index (κ3) is 2.61. The first-order chi connectivity index (χ1) is 9.81. The number of H-pyrrole nitrogens is 1. The van der Waals surface area contributed by atoms with E-state index < -0.39 is 23.4 Å². The highest BCUT2D eigenvalue weighted by molar-refractivity contribution is 6.03. The van der Waals surface area contributed by atoms with E-state index in [0.717, 1.165) is 6.07 Å². The van der Waals surface area contributed by atoms with Gasteiger partial charge in [-0.05, 0) is 6.07 Å². The highest BCUT2D eigenvalue weighted by atomic mass is 16.4. The van der Waals surface area contributed by atoms with Crippen LogP contribution in [0, 0.1) is 0 Å². The number of hydrogen-bond acceptors (Lipinski definition) is 6. The van der Waals surface area contributed by atoms with Crippen molar-refractivity contribution in [3.63, 3.8) is 0 Å². The molecule has 9 nitrogen and oxygen atoms in total. The highest BCUT2D eigenvalue weighted by Gasteiger charge is 2.23. The SMILES string of the molecule is CC(=O)c1cc(C(=O)n2nc(C(C)=O)cc2C(=O)O)[nH]n1. The van der Waals surface area contributed by atoms with Gasteiger partial charge >= 0.3 is 5.97 Å². The summed E-state index contributed by atoms with van der Waals surface area (Å²) >= 11 is 0. The molecular weight excluding hydrogens is 280 g/mol. The van der Waals surface area contributed by atoms with E-state index in [0.29, 0.717) is 4.68 Å². The zero-order valence-electron chi connectivity index (χ0n) is 11.1. The largest absolute Gasteiger partial charge is 0.477 e. The number of nitrogens with one attached hydrogen (secondary N) is 1. The van der Waals surface area contributed by atoms with E-state index in [1.807, 2.05) is 0 Å². The van der Waals surface area contributed by atoms with Gasteiger partial charge < -0.3 is 5.11 Å². The summed E-state index contributed by atoms with van der Waals surface area (Å²) in [5, 5.41) is 18.7. The summed E-state index contributed by atoms with van der Waals surface area (Å²) in [6.45, 7) is 2.47. The van der Waals surface area contributed by atoms with Crippen molar-refractivity contribution in [2.45, 2.75) is 13.8 Å². The molecule has 0 amide bonds. The summed E-state index contributed by atoms with van der Waals surface area (Å²) in [7, 11) is 0. The fraction of sp³-hybridized carbons (Fsp3) is 0.167. The minimum Gasteiger partial charge on any atom is -0.477 e. The van der Waals surface area contributed by atoms with E-state index in [1.165, 1.54) is 19.9 Å². The van der Waals surface area contributed by atoms with Crippen molar-refractivity contribution in [1.29, 1.82) is 0 Å². The average Bonchev–Trinajstić information content (AvgIpc) is 3.05. The average molecular weight is 290 g/mol. The van der Waals surface area contributed by atoms with Crippen LogP contribution in [0.1, 0.15) is 55.8 Å². The van der Waals surface area contributed by atoms with Gasteiger partial charge in [-0.25, -0.2) is 4.79 Å². The fourth-order valence-corrected chi connectivity index (χ4v) is 1.59. The summed E-state index contributed by atoms with van der Waals surface area (Å²) in [6.07, 6.45) is 0. The maximum atomic E-state index is 12.2. The monoisotopic (exact) mass is 290 g/mol. The van der Waals surface area contributed by atoms with Gasteiger partial charge in [-0.15, -0.1) is 0 Å². The normalized spacial score (nSPS) is 10.4. The summed E-state index contributed by atoms with van der Waals surface area (Å²) in [4.78, 5) is 45.7. The number of aromatic carboxylic acids is 1. The third-order valence-electron chi connectivity index (χ3n) is 2.65. The number of aromatic amines is 1. The maximum absolute atomic E-state index is 12.2. The van der Waals surface area contributed by atoms with Crippen molar-refractivity contribution in [3.8, 4) is 0 Å². The third-order valence-corrected chi connectivity index (χ3v) is 2.65. The number of ketones is 2. The first-order valence-corrected chi connectivity index (χ1v) is 5.76. The van der Waals surface area contributed by atoms with Crippen LogP contribution in [0.5, 0.6) is 0 Å². The molecule has 108 valence electrons. The minimum absolute atomic E-state index is 0.0363. The first kappa shape index (κ1) is 14.3. The zero-order chi connectivity index (χ0) is 15.7. The van der Waals surface area contributed by atoms with Crippen molar-refractivity contribution in [2.75, 3.05) is 0 Å². The molecule has 2 aromatic rings. The van der Waals surface area contributed by atoms with Crippen LogP contribution in [-0.4, -0.2) is 48.5 Å². The lowest BCUT2D eigenvalue weighted by Gasteiger charge is -1.99. The molecule has 2 heterocycles. The predicted octanol–water partition coefficient (Wildman–Crippen LogP) is 0.398. The second kappa shape index (κ2) is 5.12. The van der Waals surface area contributed by atoms with Gasteiger partial charge in [0.25, 0.3) is 5.91 Å². The summed E-state index contributed by atoms with van der Waals surface area (Å²) in [6, 6.07) is 2.19. The molecule has 0 aliphatic heterocycles. The lowest BCUT2D eigenvalue weighted by Crippen LogP contribution is -2.20. The van der Waals surface area contributed by atoms with Gasteiger partial charge in [0, 0.05) is 19.9 Å². The van der Waals surface area contributed by atoms with Crippen LogP contribution in [-0.2, 0) is 0 Å². The molecule has 0 aliphatic carbocycles. The van der Waals surface area contributed by atoms with E-state index in [2.05, 4.69) is 15.3 Å². The second-order valence-electron chi connectivity index (χ2n) is 4.22. The number of carboxylic acids is 1. The Labute approximate surface area is 117 Å². The van der Waals surface area contributed by atoms with Crippen molar-refractivity contribution >= 4 is 23.4 Å². The van der Waals surface area contributed by atoms with Crippen LogP contribution >= 0.6 is 0 Å². The molecule has 0 atom stereocenters. The maximum Gasteiger partial charge on any atom is 0.354 e. The Kier molecular flexibility index (Phi) is 3.49. The molecule has 2 N–H and O–H groups in total. The van der Waals surface area contributed by atoms with E-state index in [-0.39, 0.29) is 22.9 Å².